The van der Waals surface area contributed by atoms with Gasteiger partial charge in [-0.15, -0.1) is 0 Å². The lowest BCUT2D eigenvalue weighted by Crippen LogP contribution is -2.35. The van der Waals surface area contributed by atoms with E-state index in [1.54, 1.807) is 13.0 Å². The molecule has 2 N–H and O–H groups in total. The van der Waals surface area contributed by atoms with Crippen LogP contribution in [0.1, 0.15) is 17.3 Å². The second-order valence-electron chi connectivity index (χ2n) is 5.49. The van der Waals surface area contributed by atoms with Gasteiger partial charge in [-0.1, -0.05) is 0 Å². The first-order valence-corrected chi connectivity index (χ1v) is 7.94. The Bertz CT molecular complexity index is 1120. The molecule has 3 heterocycles. The molecule has 3 rings (SSSR count). The summed E-state index contributed by atoms with van der Waals surface area (Å²) in [5, 5.41) is 15.0. The van der Waals surface area contributed by atoms with Gasteiger partial charge in [0.2, 0.25) is 5.91 Å². The first-order valence-electron chi connectivity index (χ1n) is 7.94. The summed E-state index contributed by atoms with van der Waals surface area (Å²) in [6, 6.07) is 1.55. The molecule has 0 unspecified atom stereocenters. The summed E-state index contributed by atoms with van der Waals surface area (Å²) in [4.78, 5) is 50.9. The molecule has 0 fully saturated rings. The van der Waals surface area contributed by atoms with Gasteiger partial charge in [-0.2, -0.15) is 5.10 Å². The molecule has 0 spiro atoms. The molecule has 1 amide bonds. The Morgan fingerprint density at radius 3 is 2.78 bits per heavy atom. The number of esters is 1. The summed E-state index contributed by atoms with van der Waals surface area (Å²) in [5.74, 6) is -2.36. The number of amides is 1. The molecule has 140 valence electrons. The van der Waals surface area contributed by atoms with E-state index in [1.807, 2.05) is 0 Å². The number of hydrogen-bond acceptors (Lipinski definition) is 7. The highest BCUT2D eigenvalue weighted by molar-refractivity contribution is 5.97. The number of carbonyl (C=O) groups is 3. The first kappa shape index (κ1) is 18.0. The normalized spacial score (nSPS) is 10.9. The van der Waals surface area contributed by atoms with Gasteiger partial charge in [0, 0.05) is 12.4 Å². The van der Waals surface area contributed by atoms with Crippen molar-refractivity contribution in [2.24, 2.45) is 0 Å². The van der Waals surface area contributed by atoms with Crippen LogP contribution >= 0.6 is 0 Å². The van der Waals surface area contributed by atoms with Crippen LogP contribution in [-0.4, -0.2) is 55.3 Å². The minimum Gasteiger partial charge on any atom is -0.480 e. The Morgan fingerprint density at radius 2 is 2.07 bits per heavy atom. The first-order chi connectivity index (χ1) is 12.9. The number of fused-ring (bicyclic) bond motifs is 3. The molecule has 27 heavy (non-hydrogen) atoms. The van der Waals surface area contributed by atoms with Gasteiger partial charge in [0.05, 0.1) is 23.7 Å². The Morgan fingerprint density at radius 1 is 1.30 bits per heavy atom. The number of carboxylic acid groups (broad SMARTS) is 1. The highest BCUT2D eigenvalue weighted by Crippen LogP contribution is 2.15. The van der Waals surface area contributed by atoms with Crippen molar-refractivity contribution in [2.45, 2.75) is 13.5 Å². The van der Waals surface area contributed by atoms with E-state index in [0.29, 0.717) is 5.52 Å². The van der Waals surface area contributed by atoms with Crippen LogP contribution in [-0.2, 0) is 20.9 Å². The van der Waals surface area contributed by atoms with Crippen LogP contribution < -0.4 is 10.9 Å². The molecule has 3 aromatic rings. The maximum absolute atomic E-state index is 12.6. The Kier molecular flexibility index (Phi) is 4.83. The number of rotatable bonds is 6. The Balaban J connectivity index is 1.98. The number of carboxylic acids is 1. The summed E-state index contributed by atoms with van der Waals surface area (Å²) in [7, 11) is 0. The largest absolute Gasteiger partial charge is 0.480 e. The Hall–Kier alpha value is -3.76. The third-order valence-corrected chi connectivity index (χ3v) is 3.71. The standard InChI is InChI=1S/C16H15N5O6/c1-2-27-16(26)10-6-19-21-11-3-4-20(8-12(22)17-7-13(23)24)15(25)9(11)5-18-14(10)21/h3-6H,2,7-8H2,1H3,(H,17,22)(H,23,24). The zero-order valence-corrected chi connectivity index (χ0v) is 14.2. The summed E-state index contributed by atoms with van der Waals surface area (Å²) < 4.78 is 7.42. The van der Waals surface area contributed by atoms with Crippen LogP contribution in [0.5, 0.6) is 0 Å². The SMILES string of the molecule is CCOC(=O)c1cnn2c1ncc1c(=O)n(CC(=O)NCC(=O)O)ccc12. The predicted molar refractivity (Wildman–Crippen MR) is 91.4 cm³/mol. The van der Waals surface area contributed by atoms with Crippen molar-refractivity contribution < 1.29 is 24.2 Å². The van der Waals surface area contributed by atoms with E-state index in [4.69, 9.17) is 9.84 Å². The topological polar surface area (TPSA) is 145 Å². The molecule has 3 aromatic heterocycles. The van der Waals surface area contributed by atoms with E-state index < -0.39 is 29.9 Å². The number of hydrogen-bond donors (Lipinski definition) is 2. The fourth-order valence-electron chi connectivity index (χ4n) is 2.52. The molecule has 0 aliphatic rings. The number of ether oxygens (including phenoxy) is 1. The number of aliphatic carboxylic acids is 1. The monoisotopic (exact) mass is 373 g/mol. The van der Waals surface area contributed by atoms with Crippen molar-refractivity contribution in [3.05, 3.63) is 40.6 Å². The molecular formula is C16H15N5O6. The van der Waals surface area contributed by atoms with Crippen LogP contribution in [0, 0.1) is 0 Å². The van der Waals surface area contributed by atoms with Crippen molar-refractivity contribution in [3.63, 3.8) is 0 Å². The number of aromatic nitrogens is 4. The van der Waals surface area contributed by atoms with E-state index in [-0.39, 0.29) is 29.7 Å². The third-order valence-electron chi connectivity index (χ3n) is 3.71. The van der Waals surface area contributed by atoms with Crippen LogP contribution in [0.15, 0.2) is 29.5 Å². The summed E-state index contributed by atoms with van der Waals surface area (Å²) in [6.07, 6.45) is 3.99. The third kappa shape index (κ3) is 3.47. The molecule has 0 aliphatic carbocycles. The van der Waals surface area contributed by atoms with Crippen molar-refractivity contribution in [1.29, 1.82) is 0 Å². The van der Waals surface area contributed by atoms with E-state index >= 15 is 0 Å². The Labute approximate surface area is 151 Å². The van der Waals surface area contributed by atoms with Crippen LogP contribution in [0.25, 0.3) is 16.6 Å². The van der Waals surface area contributed by atoms with E-state index in [2.05, 4.69) is 15.4 Å². The minimum atomic E-state index is -1.18. The maximum atomic E-state index is 12.6. The summed E-state index contributed by atoms with van der Waals surface area (Å²) in [5.41, 5.74) is 0.330. The average Bonchev–Trinajstić information content (AvgIpc) is 3.07. The molecule has 0 saturated carbocycles. The van der Waals surface area contributed by atoms with Gasteiger partial charge in [-0.25, -0.2) is 14.3 Å². The maximum Gasteiger partial charge on any atom is 0.343 e. The molecule has 0 atom stereocenters. The van der Waals surface area contributed by atoms with Crippen molar-refractivity contribution in [2.75, 3.05) is 13.2 Å². The number of pyridine rings is 1. The predicted octanol–water partition coefficient (Wildman–Crippen LogP) is -0.578. The van der Waals surface area contributed by atoms with Crippen LogP contribution in [0.3, 0.4) is 0 Å². The van der Waals surface area contributed by atoms with E-state index in [0.717, 1.165) is 4.57 Å². The van der Waals surface area contributed by atoms with Crippen LogP contribution in [0.2, 0.25) is 0 Å². The second kappa shape index (κ2) is 7.23. The fourth-order valence-corrected chi connectivity index (χ4v) is 2.52. The van der Waals surface area contributed by atoms with Crippen molar-refractivity contribution in [1.82, 2.24) is 24.5 Å². The summed E-state index contributed by atoms with van der Waals surface area (Å²) in [6.45, 7) is 1.01. The minimum absolute atomic E-state index is 0.177. The highest BCUT2D eigenvalue weighted by atomic mass is 16.5. The van der Waals surface area contributed by atoms with Crippen molar-refractivity contribution in [3.8, 4) is 0 Å². The second-order valence-corrected chi connectivity index (χ2v) is 5.49. The van der Waals surface area contributed by atoms with Crippen LogP contribution in [0.4, 0.5) is 0 Å². The molecule has 11 heteroatoms. The van der Waals surface area contributed by atoms with Gasteiger partial charge in [0.25, 0.3) is 5.56 Å². The average molecular weight is 373 g/mol. The molecule has 0 radical (unpaired) electrons. The number of carbonyl (C=O) groups excluding carboxylic acids is 2. The number of nitrogens with one attached hydrogen (secondary N) is 1. The van der Waals surface area contributed by atoms with Gasteiger partial charge in [0.1, 0.15) is 18.7 Å². The zero-order valence-electron chi connectivity index (χ0n) is 14.2. The molecular weight excluding hydrogens is 358 g/mol. The lowest BCUT2D eigenvalue weighted by molar-refractivity contribution is -0.138. The zero-order chi connectivity index (χ0) is 19.6. The summed E-state index contributed by atoms with van der Waals surface area (Å²) >= 11 is 0. The smallest absolute Gasteiger partial charge is 0.343 e. The van der Waals surface area contributed by atoms with Gasteiger partial charge in [0.15, 0.2) is 5.65 Å². The van der Waals surface area contributed by atoms with E-state index in [1.165, 1.54) is 23.1 Å². The highest BCUT2D eigenvalue weighted by Gasteiger charge is 2.18. The van der Waals surface area contributed by atoms with Gasteiger partial charge in [-0.3, -0.25) is 14.4 Å². The number of nitrogens with zero attached hydrogens (tertiary/aromatic N) is 4. The van der Waals surface area contributed by atoms with Gasteiger partial charge >= 0.3 is 11.9 Å². The van der Waals surface area contributed by atoms with E-state index in [9.17, 15) is 19.2 Å². The van der Waals surface area contributed by atoms with Gasteiger partial charge in [-0.05, 0) is 13.0 Å². The molecule has 0 aliphatic heterocycles. The lowest BCUT2D eigenvalue weighted by Gasteiger charge is -2.08. The molecule has 0 bridgehead atoms. The molecule has 0 aromatic carbocycles. The lowest BCUT2D eigenvalue weighted by atomic mass is 10.3. The van der Waals surface area contributed by atoms with Crippen molar-refractivity contribution >= 4 is 34.4 Å². The quantitative estimate of drug-likeness (QED) is 0.546. The van der Waals surface area contributed by atoms with Gasteiger partial charge < -0.3 is 19.7 Å². The molecule has 11 nitrogen and oxygen atoms in total. The fraction of sp³-hybridized carbons (Fsp3) is 0.250. The molecule has 0 saturated heterocycles.